The van der Waals surface area contributed by atoms with Crippen LogP contribution in [0, 0.1) is 17.5 Å². The van der Waals surface area contributed by atoms with Crippen LogP contribution >= 0.6 is 15.9 Å². The monoisotopic (exact) mass is 329 g/mol. The van der Waals surface area contributed by atoms with Crippen LogP contribution in [0.2, 0.25) is 0 Å². The molecule has 0 amide bonds. The Balaban J connectivity index is 2.17. The summed E-state index contributed by atoms with van der Waals surface area (Å²) >= 11 is 3.06. The number of nitrogens with two attached hydrogens (primary N) is 1. The van der Waals surface area contributed by atoms with Gasteiger partial charge in [-0.15, -0.1) is 0 Å². The van der Waals surface area contributed by atoms with Crippen LogP contribution in [0.3, 0.4) is 0 Å². The molecule has 2 aromatic carbocycles. The Kier molecular flexibility index (Phi) is 4.27. The molecule has 0 bridgehead atoms. The molecule has 100 valence electrons. The van der Waals surface area contributed by atoms with E-state index in [-0.39, 0.29) is 0 Å². The third-order valence-corrected chi connectivity index (χ3v) is 3.45. The van der Waals surface area contributed by atoms with Crippen molar-refractivity contribution in [3.05, 3.63) is 69.4 Å². The van der Waals surface area contributed by atoms with Crippen molar-refractivity contribution < 1.29 is 13.2 Å². The van der Waals surface area contributed by atoms with E-state index in [1.165, 1.54) is 12.1 Å². The minimum Gasteiger partial charge on any atom is -0.324 e. The van der Waals surface area contributed by atoms with E-state index in [1.807, 2.05) is 0 Å². The maximum absolute atomic E-state index is 13.4. The highest BCUT2D eigenvalue weighted by atomic mass is 79.9. The molecule has 0 heterocycles. The SMILES string of the molecule is NC(Cc1ccc(F)c(F)c1)c1ccc(Br)c(F)c1. The zero-order valence-electron chi connectivity index (χ0n) is 9.84. The molecule has 0 spiro atoms. The fraction of sp³-hybridized carbons (Fsp3) is 0.143. The van der Waals surface area contributed by atoms with Crippen molar-refractivity contribution in [2.45, 2.75) is 12.5 Å². The molecule has 19 heavy (non-hydrogen) atoms. The summed E-state index contributed by atoms with van der Waals surface area (Å²) in [5.74, 6) is -2.21. The minimum absolute atomic E-state index is 0.304. The Morgan fingerprint density at radius 1 is 0.947 bits per heavy atom. The van der Waals surface area contributed by atoms with Gasteiger partial charge in [-0.3, -0.25) is 0 Å². The van der Waals surface area contributed by atoms with Crippen molar-refractivity contribution in [1.82, 2.24) is 0 Å². The molecular formula is C14H11BrF3N. The Labute approximate surface area is 117 Å². The van der Waals surface area contributed by atoms with Crippen LogP contribution in [0.5, 0.6) is 0 Å². The summed E-state index contributed by atoms with van der Waals surface area (Å²) in [7, 11) is 0. The van der Waals surface area contributed by atoms with Crippen LogP contribution in [-0.2, 0) is 6.42 Å². The lowest BCUT2D eigenvalue weighted by molar-refractivity contribution is 0.506. The molecule has 0 aliphatic rings. The predicted octanol–water partition coefficient (Wildman–Crippen LogP) is 4.11. The third kappa shape index (κ3) is 3.36. The van der Waals surface area contributed by atoms with E-state index >= 15 is 0 Å². The molecule has 2 N–H and O–H groups in total. The Bertz CT molecular complexity index is 601. The van der Waals surface area contributed by atoms with Gasteiger partial charge in [0, 0.05) is 6.04 Å². The molecule has 2 rings (SSSR count). The van der Waals surface area contributed by atoms with Crippen molar-refractivity contribution in [3.63, 3.8) is 0 Å². The number of hydrogen-bond donors (Lipinski definition) is 1. The van der Waals surface area contributed by atoms with E-state index in [0.29, 0.717) is 22.0 Å². The first kappa shape index (κ1) is 14.1. The molecule has 0 saturated heterocycles. The largest absolute Gasteiger partial charge is 0.324 e. The van der Waals surface area contributed by atoms with E-state index < -0.39 is 23.5 Å². The lowest BCUT2D eigenvalue weighted by Crippen LogP contribution is -2.13. The van der Waals surface area contributed by atoms with Crippen LogP contribution in [-0.4, -0.2) is 0 Å². The van der Waals surface area contributed by atoms with Gasteiger partial charge >= 0.3 is 0 Å². The molecule has 1 unspecified atom stereocenters. The summed E-state index contributed by atoms with van der Waals surface area (Å²) in [5, 5.41) is 0. The molecule has 2 aromatic rings. The maximum atomic E-state index is 13.4. The Hall–Kier alpha value is -1.33. The maximum Gasteiger partial charge on any atom is 0.159 e. The summed E-state index contributed by atoms with van der Waals surface area (Å²) in [5.41, 5.74) is 7.10. The van der Waals surface area contributed by atoms with Crippen LogP contribution in [0.4, 0.5) is 13.2 Å². The molecule has 0 radical (unpaired) electrons. The van der Waals surface area contributed by atoms with Crippen LogP contribution in [0.25, 0.3) is 0 Å². The van der Waals surface area contributed by atoms with Crippen LogP contribution in [0.1, 0.15) is 17.2 Å². The standard InChI is InChI=1S/C14H11BrF3N/c15-10-3-2-9(7-12(10)17)14(19)6-8-1-4-11(16)13(18)5-8/h1-5,7,14H,6,19H2. The summed E-state index contributed by atoms with van der Waals surface area (Å²) in [6.45, 7) is 0. The smallest absolute Gasteiger partial charge is 0.159 e. The van der Waals surface area contributed by atoms with Gasteiger partial charge in [-0.25, -0.2) is 13.2 Å². The summed E-state index contributed by atoms with van der Waals surface area (Å²) < 4.78 is 39.6. The lowest BCUT2D eigenvalue weighted by atomic mass is 9.99. The third-order valence-electron chi connectivity index (χ3n) is 2.81. The van der Waals surface area contributed by atoms with Gasteiger partial charge in [0.05, 0.1) is 4.47 Å². The second-order valence-corrected chi connectivity index (χ2v) is 5.09. The quantitative estimate of drug-likeness (QED) is 0.901. The van der Waals surface area contributed by atoms with Gasteiger partial charge < -0.3 is 5.73 Å². The van der Waals surface area contributed by atoms with Gasteiger partial charge in [0.15, 0.2) is 11.6 Å². The molecular weight excluding hydrogens is 319 g/mol. The summed E-state index contributed by atoms with van der Waals surface area (Å²) in [6, 6.07) is 7.73. The molecule has 0 saturated carbocycles. The Morgan fingerprint density at radius 3 is 2.32 bits per heavy atom. The highest BCUT2D eigenvalue weighted by molar-refractivity contribution is 9.10. The minimum atomic E-state index is -0.910. The summed E-state index contributed by atoms with van der Waals surface area (Å²) in [6.07, 6.45) is 0.304. The normalized spacial score (nSPS) is 12.5. The average Bonchev–Trinajstić information content (AvgIpc) is 2.37. The molecule has 0 aromatic heterocycles. The zero-order chi connectivity index (χ0) is 14.0. The van der Waals surface area contributed by atoms with Gasteiger partial charge in [0.25, 0.3) is 0 Å². The number of hydrogen-bond acceptors (Lipinski definition) is 1. The van der Waals surface area contributed by atoms with Gasteiger partial charge in [-0.05, 0) is 57.7 Å². The zero-order valence-corrected chi connectivity index (χ0v) is 11.4. The van der Waals surface area contributed by atoms with E-state index in [4.69, 9.17) is 5.73 Å². The van der Waals surface area contributed by atoms with Crippen LogP contribution < -0.4 is 5.73 Å². The fourth-order valence-electron chi connectivity index (χ4n) is 1.78. The topological polar surface area (TPSA) is 26.0 Å². The first-order valence-corrected chi connectivity index (χ1v) is 6.41. The Morgan fingerprint density at radius 2 is 1.68 bits per heavy atom. The second-order valence-electron chi connectivity index (χ2n) is 4.23. The predicted molar refractivity (Wildman–Crippen MR) is 71.1 cm³/mol. The highest BCUT2D eigenvalue weighted by Crippen LogP contribution is 2.22. The molecule has 0 aliphatic carbocycles. The molecule has 1 atom stereocenters. The molecule has 0 aliphatic heterocycles. The van der Waals surface area contributed by atoms with Gasteiger partial charge in [-0.2, -0.15) is 0 Å². The number of halogens is 4. The number of rotatable bonds is 3. The van der Waals surface area contributed by atoms with Crippen molar-refractivity contribution in [3.8, 4) is 0 Å². The second kappa shape index (κ2) is 5.75. The highest BCUT2D eigenvalue weighted by Gasteiger charge is 2.11. The van der Waals surface area contributed by atoms with Crippen molar-refractivity contribution in [1.29, 1.82) is 0 Å². The van der Waals surface area contributed by atoms with E-state index in [1.54, 1.807) is 12.1 Å². The fourth-order valence-corrected chi connectivity index (χ4v) is 2.03. The van der Waals surface area contributed by atoms with Crippen molar-refractivity contribution in [2.24, 2.45) is 5.73 Å². The van der Waals surface area contributed by atoms with E-state index in [9.17, 15) is 13.2 Å². The first-order chi connectivity index (χ1) is 8.97. The van der Waals surface area contributed by atoms with Gasteiger partial charge in [0.2, 0.25) is 0 Å². The lowest BCUT2D eigenvalue weighted by Gasteiger charge is -2.13. The van der Waals surface area contributed by atoms with Gasteiger partial charge in [-0.1, -0.05) is 12.1 Å². The van der Waals surface area contributed by atoms with Crippen LogP contribution in [0.15, 0.2) is 40.9 Å². The van der Waals surface area contributed by atoms with E-state index in [0.717, 1.165) is 12.1 Å². The van der Waals surface area contributed by atoms with Crippen molar-refractivity contribution in [2.75, 3.05) is 0 Å². The molecule has 0 fully saturated rings. The summed E-state index contributed by atoms with van der Waals surface area (Å²) in [4.78, 5) is 0. The number of benzene rings is 2. The van der Waals surface area contributed by atoms with Gasteiger partial charge in [0.1, 0.15) is 5.82 Å². The molecule has 5 heteroatoms. The van der Waals surface area contributed by atoms with E-state index in [2.05, 4.69) is 15.9 Å². The van der Waals surface area contributed by atoms with Crippen molar-refractivity contribution >= 4 is 15.9 Å². The first-order valence-electron chi connectivity index (χ1n) is 5.62. The average molecular weight is 330 g/mol. The molecule has 1 nitrogen and oxygen atoms in total.